The van der Waals surface area contributed by atoms with Gasteiger partial charge in [-0.2, -0.15) is 0 Å². The molecule has 0 bridgehead atoms. The highest BCUT2D eigenvalue weighted by Crippen LogP contribution is 2.26. The van der Waals surface area contributed by atoms with E-state index in [2.05, 4.69) is 0 Å². The van der Waals surface area contributed by atoms with Crippen LogP contribution in [0.25, 0.3) is 6.08 Å². The molecule has 1 aromatic rings. The van der Waals surface area contributed by atoms with Crippen molar-refractivity contribution in [2.24, 2.45) is 0 Å². The number of aliphatic hydroxyl groups excluding tert-OH is 5. The van der Waals surface area contributed by atoms with Crippen molar-refractivity contribution in [3.8, 4) is 11.5 Å². The Morgan fingerprint density at radius 2 is 1.93 bits per heavy atom. The number of benzene rings is 1. The van der Waals surface area contributed by atoms with Crippen LogP contribution in [0.3, 0.4) is 0 Å². The summed E-state index contributed by atoms with van der Waals surface area (Å²) < 4.78 is 20.1. The lowest BCUT2D eigenvalue weighted by Gasteiger charge is -2.39. The molecule has 0 spiro atoms. The molecule has 1 heterocycles. The number of rotatable bonds is 9. The fourth-order valence-corrected chi connectivity index (χ4v) is 2.65. The highest BCUT2D eigenvalue weighted by atomic mass is 16.7. The Balaban J connectivity index is 1.77. The minimum Gasteiger partial charge on any atom is -0.504 e. The average Bonchev–Trinajstić information content (AvgIpc) is 2.75. The maximum Gasteiger partial charge on any atom is 0.330 e. The number of phenols is 1. The van der Waals surface area contributed by atoms with Crippen LogP contribution in [0.4, 0.5) is 0 Å². The van der Waals surface area contributed by atoms with Gasteiger partial charge in [0.2, 0.25) is 0 Å². The second-order valence-electron chi connectivity index (χ2n) is 6.58. The molecule has 5 unspecified atom stereocenters. The van der Waals surface area contributed by atoms with Gasteiger partial charge >= 0.3 is 5.97 Å². The summed E-state index contributed by atoms with van der Waals surface area (Å²) in [6.45, 7) is -1.43. The number of carbonyl (C=O) groups excluding carboxylic acids is 1. The van der Waals surface area contributed by atoms with Crippen LogP contribution in [-0.2, 0) is 19.0 Å². The Labute approximate surface area is 172 Å². The van der Waals surface area contributed by atoms with Gasteiger partial charge in [-0.25, -0.2) is 4.79 Å². The first kappa shape index (κ1) is 24.0. The lowest BCUT2D eigenvalue weighted by Crippen LogP contribution is -2.59. The largest absolute Gasteiger partial charge is 0.504 e. The van der Waals surface area contributed by atoms with E-state index in [4.69, 9.17) is 24.1 Å². The molecule has 6 N–H and O–H groups in total. The topological polar surface area (TPSA) is 175 Å². The van der Waals surface area contributed by atoms with Crippen molar-refractivity contribution in [2.75, 3.05) is 26.9 Å². The Kier molecular flexibility index (Phi) is 8.99. The summed E-state index contributed by atoms with van der Waals surface area (Å²) in [4.78, 5) is 11.8. The standard InChI is InChI=1S/C19H26O11/c1-27-13-6-10(2-4-12(13)22)3-5-15(23)28-8-11(21)9-29-19-18(26)17(25)16(24)14(7-20)30-19/h2-6,11,14,16-22,24-26H,7-9H2,1H3/t11-,14?,16?,17?,18?,19?/m1/s1. The van der Waals surface area contributed by atoms with Crippen molar-refractivity contribution in [3.63, 3.8) is 0 Å². The van der Waals surface area contributed by atoms with Gasteiger partial charge in [-0.15, -0.1) is 0 Å². The van der Waals surface area contributed by atoms with Crippen molar-refractivity contribution in [1.29, 1.82) is 0 Å². The number of methoxy groups -OCH3 is 1. The van der Waals surface area contributed by atoms with Crippen LogP contribution < -0.4 is 4.74 Å². The van der Waals surface area contributed by atoms with Gasteiger partial charge in [0.15, 0.2) is 17.8 Å². The third kappa shape index (κ3) is 6.37. The molecular formula is C19H26O11. The molecule has 0 radical (unpaired) electrons. The molecule has 1 aliphatic heterocycles. The predicted octanol–water partition coefficient (Wildman–Crippen LogP) is -1.87. The molecule has 6 atom stereocenters. The summed E-state index contributed by atoms with van der Waals surface area (Å²) in [7, 11) is 1.39. The highest BCUT2D eigenvalue weighted by Gasteiger charge is 2.44. The molecule has 30 heavy (non-hydrogen) atoms. The van der Waals surface area contributed by atoms with E-state index in [1.807, 2.05) is 0 Å². The fraction of sp³-hybridized carbons (Fsp3) is 0.526. The van der Waals surface area contributed by atoms with E-state index in [9.17, 15) is 30.3 Å². The zero-order chi connectivity index (χ0) is 22.3. The zero-order valence-electron chi connectivity index (χ0n) is 16.2. The van der Waals surface area contributed by atoms with Crippen LogP contribution >= 0.6 is 0 Å². The molecule has 1 fully saturated rings. The minimum absolute atomic E-state index is 0.0419. The first-order valence-electron chi connectivity index (χ1n) is 9.08. The number of hydrogen-bond acceptors (Lipinski definition) is 11. The zero-order valence-corrected chi connectivity index (χ0v) is 16.2. The molecular weight excluding hydrogens is 404 g/mol. The number of esters is 1. The fourth-order valence-electron chi connectivity index (χ4n) is 2.65. The van der Waals surface area contributed by atoms with Gasteiger partial charge in [0.25, 0.3) is 0 Å². The number of hydrogen-bond donors (Lipinski definition) is 6. The van der Waals surface area contributed by atoms with E-state index in [0.29, 0.717) is 5.56 Å². The van der Waals surface area contributed by atoms with Crippen LogP contribution in [0, 0.1) is 0 Å². The number of ether oxygens (including phenoxy) is 4. The molecule has 1 aromatic carbocycles. The average molecular weight is 430 g/mol. The number of phenolic OH excluding ortho intramolecular Hbond substituents is 1. The molecule has 0 amide bonds. The monoisotopic (exact) mass is 430 g/mol. The smallest absolute Gasteiger partial charge is 0.330 e. The molecule has 11 nitrogen and oxygen atoms in total. The minimum atomic E-state index is -1.60. The van der Waals surface area contributed by atoms with Gasteiger partial charge in [-0.1, -0.05) is 6.07 Å². The van der Waals surface area contributed by atoms with Crippen LogP contribution in [0.2, 0.25) is 0 Å². The van der Waals surface area contributed by atoms with Crippen LogP contribution in [0.1, 0.15) is 5.56 Å². The van der Waals surface area contributed by atoms with E-state index in [1.165, 1.54) is 25.3 Å². The second kappa shape index (κ2) is 11.2. The van der Waals surface area contributed by atoms with Gasteiger partial charge in [0.1, 0.15) is 37.1 Å². The molecule has 11 heteroatoms. The van der Waals surface area contributed by atoms with Gasteiger partial charge in [0, 0.05) is 6.08 Å². The number of aliphatic hydroxyl groups is 5. The van der Waals surface area contributed by atoms with Crippen LogP contribution in [0.15, 0.2) is 24.3 Å². The van der Waals surface area contributed by atoms with E-state index >= 15 is 0 Å². The van der Waals surface area contributed by atoms with E-state index in [-0.39, 0.29) is 11.5 Å². The Morgan fingerprint density at radius 3 is 2.60 bits per heavy atom. The molecule has 2 rings (SSSR count). The Bertz CT molecular complexity index is 720. The predicted molar refractivity (Wildman–Crippen MR) is 100 cm³/mol. The molecule has 1 aliphatic rings. The van der Waals surface area contributed by atoms with E-state index < -0.39 is 62.6 Å². The first-order chi connectivity index (χ1) is 14.3. The maximum atomic E-state index is 11.8. The SMILES string of the molecule is COc1cc(C=CC(=O)OC[C@@H](O)COC2OC(CO)C(O)C(O)C2O)ccc1O. The molecule has 0 saturated carbocycles. The van der Waals surface area contributed by atoms with Gasteiger partial charge in [0.05, 0.1) is 20.3 Å². The third-order valence-electron chi connectivity index (χ3n) is 4.33. The molecule has 0 aliphatic carbocycles. The third-order valence-corrected chi connectivity index (χ3v) is 4.33. The van der Waals surface area contributed by atoms with Crippen molar-refractivity contribution < 1.29 is 54.4 Å². The Hall–Kier alpha value is -2.25. The normalized spacial score (nSPS) is 27.7. The lowest BCUT2D eigenvalue weighted by molar-refractivity contribution is -0.304. The van der Waals surface area contributed by atoms with Crippen molar-refractivity contribution >= 4 is 12.0 Å². The lowest BCUT2D eigenvalue weighted by atomic mass is 9.99. The summed E-state index contributed by atoms with van der Waals surface area (Å²) in [6.07, 6.45) is -5.94. The summed E-state index contributed by atoms with van der Waals surface area (Å²) in [5, 5.41) is 57.7. The summed E-state index contributed by atoms with van der Waals surface area (Å²) in [6, 6.07) is 4.48. The maximum absolute atomic E-state index is 11.8. The van der Waals surface area contributed by atoms with Crippen LogP contribution in [0.5, 0.6) is 11.5 Å². The second-order valence-corrected chi connectivity index (χ2v) is 6.58. The molecule has 168 valence electrons. The quantitative estimate of drug-likeness (QED) is 0.191. The van der Waals surface area contributed by atoms with Crippen LogP contribution in [-0.4, -0.2) is 100 Å². The van der Waals surface area contributed by atoms with Gasteiger partial charge in [-0.3, -0.25) is 0 Å². The van der Waals surface area contributed by atoms with Crippen molar-refractivity contribution in [3.05, 3.63) is 29.8 Å². The van der Waals surface area contributed by atoms with Gasteiger partial charge in [-0.05, 0) is 23.8 Å². The van der Waals surface area contributed by atoms with Crippen molar-refractivity contribution in [2.45, 2.75) is 36.8 Å². The highest BCUT2D eigenvalue weighted by molar-refractivity contribution is 5.87. The molecule has 0 aromatic heterocycles. The first-order valence-corrected chi connectivity index (χ1v) is 9.08. The van der Waals surface area contributed by atoms with E-state index in [0.717, 1.165) is 6.08 Å². The number of aromatic hydroxyl groups is 1. The van der Waals surface area contributed by atoms with E-state index in [1.54, 1.807) is 6.07 Å². The summed E-state index contributed by atoms with van der Waals surface area (Å²) in [5.41, 5.74) is 0.577. The van der Waals surface area contributed by atoms with Crippen molar-refractivity contribution in [1.82, 2.24) is 0 Å². The summed E-state index contributed by atoms with van der Waals surface area (Å²) in [5.74, 6) is -0.542. The summed E-state index contributed by atoms with van der Waals surface area (Å²) >= 11 is 0. The van der Waals surface area contributed by atoms with Gasteiger partial charge < -0.3 is 49.6 Å². The molecule has 1 saturated heterocycles. The Morgan fingerprint density at radius 1 is 1.20 bits per heavy atom. The number of carbonyl (C=O) groups is 1.